The lowest BCUT2D eigenvalue weighted by Gasteiger charge is -2.17. The van der Waals surface area contributed by atoms with E-state index in [-0.39, 0.29) is 24.2 Å². The van der Waals surface area contributed by atoms with Crippen LogP contribution in [0.15, 0.2) is 24.3 Å². The first kappa shape index (κ1) is 16.8. The minimum absolute atomic E-state index is 0.00281. The molecule has 1 unspecified atom stereocenters. The molecule has 1 heterocycles. The Morgan fingerprint density at radius 3 is 2.95 bits per heavy atom. The summed E-state index contributed by atoms with van der Waals surface area (Å²) in [6.07, 6.45) is 1.03. The Bertz CT molecular complexity index is 536. The monoisotopic (exact) mass is 324 g/mol. The molecule has 1 aromatic carbocycles. The van der Waals surface area contributed by atoms with Crippen molar-refractivity contribution in [3.05, 3.63) is 34.9 Å². The molecule has 0 saturated carbocycles. The lowest BCUT2D eigenvalue weighted by molar-refractivity contribution is -0.129. The molecule has 0 aromatic heterocycles. The first-order valence-corrected chi connectivity index (χ1v) is 7.77. The Hall–Kier alpha value is -1.59. The summed E-state index contributed by atoms with van der Waals surface area (Å²) in [5.74, 6) is -0.347. The Morgan fingerprint density at radius 2 is 2.23 bits per heavy atom. The molecule has 120 valence electrons. The molecule has 1 aliphatic rings. The van der Waals surface area contributed by atoms with Crippen molar-refractivity contribution in [2.45, 2.75) is 19.4 Å². The van der Waals surface area contributed by atoms with Gasteiger partial charge in [-0.15, -0.1) is 0 Å². The van der Waals surface area contributed by atoms with Crippen LogP contribution in [-0.2, 0) is 20.9 Å². The fraction of sp³-hybridized carbons (Fsp3) is 0.500. The van der Waals surface area contributed by atoms with E-state index in [9.17, 15) is 9.59 Å². The predicted octanol–water partition coefficient (Wildman–Crippen LogP) is 1.84. The number of benzene rings is 1. The molecule has 0 bridgehead atoms. The van der Waals surface area contributed by atoms with Gasteiger partial charge in [-0.2, -0.15) is 0 Å². The van der Waals surface area contributed by atoms with E-state index in [0.717, 1.165) is 12.0 Å². The fourth-order valence-corrected chi connectivity index (χ4v) is 2.70. The number of carbonyl (C=O) groups is 2. The molecule has 22 heavy (non-hydrogen) atoms. The molecule has 2 rings (SSSR count). The molecule has 6 heteroatoms. The van der Waals surface area contributed by atoms with Crippen molar-refractivity contribution >= 4 is 23.4 Å². The summed E-state index contributed by atoms with van der Waals surface area (Å²) < 4.78 is 4.93. The van der Waals surface area contributed by atoms with Crippen molar-refractivity contribution in [3.8, 4) is 0 Å². The van der Waals surface area contributed by atoms with E-state index in [1.165, 1.54) is 0 Å². The third-order valence-corrected chi connectivity index (χ3v) is 4.10. The number of rotatable bonds is 7. The largest absolute Gasteiger partial charge is 0.385 e. The summed E-state index contributed by atoms with van der Waals surface area (Å²) in [7, 11) is 1.63. The minimum atomic E-state index is -0.280. The second-order valence-electron chi connectivity index (χ2n) is 5.40. The van der Waals surface area contributed by atoms with Crippen LogP contribution in [0.5, 0.6) is 0 Å². The molecular formula is C16H21ClN2O3. The summed E-state index contributed by atoms with van der Waals surface area (Å²) >= 11 is 6.12. The van der Waals surface area contributed by atoms with Crippen molar-refractivity contribution in [1.29, 1.82) is 0 Å². The number of nitrogens with one attached hydrogen (secondary N) is 1. The molecule has 1 saturated heterocycles. The van der Waals surface area contributed by atoms with E-state index in [1.54, 1.807) is 18.1 Å². The van der Waals surface area contributed by atoms with Gasteiger partial charge in [0.2, 0.25) is 11.8 Å². The van der Waals surface area contributed by atoms with E-state index in [0.29, 0.717) is 31.3 Å². The number of hydrogen-bond donors (Lipinski definition) is 1. The average molecular weight is 325 g/mol. The van der Waals surface area contributed by atoms with Crippen LogP contribution in [0.4, 0.5) is 0 Å². The predicted molar refractivity (Wildman–Crippen MR) is 84.5 cm³/mol. The van der Waals surface area contributed by atoms with Gasteiger partial charge in [0.25, 0.3) is 0 Å². The van der Waals surface area contributed by atoms with Crippen molar-refractivity contribution in [1.82, 2.24) is 10.2 Å². The topological polar surface area (TPSA) is 58.6 Å². The highest BCUT2D eigenvalue weighted by atomic mass is 35.5. The van der Waals surface area contributed by atoms with Crippen molar-refractivity contribution in [2.24, 2.45) is 5.92 Å². The zero-order chi connectivity index (χ0) is 15.9. The Morgan fingerprint density at radius 1 is 1.45 bits per heavy atom. The zero-order valence-electron chi connectivity index (χ0n) is 12.7. The van der Waals surface area contributed by atoms with Gasteiger partial charge in [0.1, 0.15) is 0 Å². The third kappa shape index (κ3) is 4.45. The standard InChI is InChI=1S/C16H21ClN2O3/c1-22-8-4-7-18-16(21)13-9-15(20)19(11-13)10-12-5-2-3-6-14(12)17/h2-3,5-6,13H,4,7-11H2,1H3,(H,18,21). The van der Waals surface area contributed by atoms with E-state index < -0.39 is 0 Å². The van der Waals surface area contributed by atoms with Crippen LogP contribution in [-0.4, -0.2) is 43.5 Å². The normalized spacial score (nSPS) is 17.8. The lowest BCUT2D eigenvalue weighted by atomic mass is 10.1. The quantitative estimate of drug-likeness (QED) is 0.779. The lowest BCUT2D eigenvalue weighted by Crippen LogP contribution is -2.33. The second kappa shape index (κ2) is 8.15. The van der Waals surface area contributed by atoms with Crippen molar-refractivity contribution in [2.75, 3.05) is 26.8 Å². The molecule has 1 N–H and O–H groups in total. The molecule has 1 atom stereocenters. The number of ether oxygens (including phenoxy) is 1. The van der Waals surface area contributed by atoms with Crippen LogP contribution in [0.25, 0.3) is 0 Å². The summed E-state index contributed by atoms with van der Waals surface area (Å²) in [5, 5.41) is 3.49. The number of carbonyl (C=O) groups excluding carboxylic acids is 2. The first-order valence-electron chi connectivity index (χ1n) is 7.39. The summed E-state index contributed by atoms with van der Waals surface area (Å²) in [4.78, 5) is 25.8. The number of halogens is 1. The first-order chi connectivity index (χ1) is 10.6. The van der Waals surface area contributed by atoms with Gasteiger partial charge in [-0.25, -0.2) is 0 Å². The van der Waals surface area contributed by atoms with Gasteiger partial charge in [-0.1, -0.05) is 29.8 Å². The highest BCUT2D eigenvalue weighted by Crippen LogP contribution is 2.23. The van der Waals surface area contributed by atoms with E-state index in [1.807, 2.05) is 18.2 Å². The van der Waals surface area contributed by atoms with Crippen LogP contribution in [0.3, 0.4) is 0 Å². The van der Waals surface area contributed by atoms with Gasteiger partial charge in [-0.3, -0.25) is 9.59 Å². The second-order valence-corrected chi connectivity index (χ2v) is 5.81. The average Bonchev–Trinajstić information content (AvgIpc) is 2.87. The molecule has 2 amide bonds. The highest BCUT2D eigenvalue weighted by Gasteiger charge is 2.34. The number of methoxy groups -OCH3 is 1. The van der Waals surface area contributed by atoms with E-state index >= 15 is 0 Å². The van der Waals surface area contributed by atoms with Crippen LogP contribution in [0.1, 0.15) is 18.4 Å². The third-order valence-electron chi connectivity index (χ3n) is 3.73. The van der Waals surface area contributed by atoms with Gasteiger partial charge in [0.15, 0.2) is 0 Å². The Labute approximate surface area is 135 Å². The SMILES string of the molecule is COCCCNC(=O)C1CC(=O)N(Cc2ccccc2Cl)C1. The molecular weight excluding hydrogens is 304 g/mol. The zero-order valence-corrected chi connectivity index (χ0v) is 13.4. The molecule has 0 radical (unpaired) electrons. The molecule has 5 nitrogen and oxygen atoms in total. The molecule has 0 spiro atoms. The van der Waals surface area contributed by atoms with Gasteiger partial charge in [0.05, 0.1) is 5.92 Å². The highest BCUT2D eigenvalue weighted by molar-refractivity contribution is 6.31. The number of hydrogen-bond acceptors (Lipinski definition) is 3. The van der Waals surface area contributed by atoms with Gasteiger partial charge < -0.3 is 15.0 Å². The Balaban J connectivity index is 1.85. The van der Waals surface area contributed by atoms with E-state index in [2.05, 4.69) is 5.32 Å². The fourth-order valence-electron chi connectivity index (χ4n) is 2.51. The van der Waals surface area contributed by atoms with Crippen LogP contribution >= 0.6 is 11.6 Å². The van der Waals surface area contributed by atoms with Crippen molar-refractivity contribution in [3.63, 3.8) is 0 Å². The summed E-state index contributed by atoms with van der Waals surface area (Å²) in [6, 6.07) is 7.45. The van der Waals surface area contributed by atoms with Gasteiger partial charge >= 0.3 is 0 Å². The van der Waals surface area contributed by atoms with Crippen LogP contribution in [0, 0.1) is 5.92 Å². The maximum Gasteiger partial charge on any atom is 0.225 e. The minimum Gasteiger partial charge on any atom is -0.385 e. The Kier molecular flexibility index (Phi) is 6.21. The molecule has 1 fully saturated rings. The number of amides is 2. The van der Waals surface area contributed by atoms with Crippen LogP contribution < -0.4 is 5.32 Å². The maximum atomic E-state index is 12.1. The van der Waals surface area contributed by atoms with E-state index in [4.69, 9.17) is 16.3 Å². The molecule has 1 aromatic rings. The van der Waals surface area contributed by atoms with Crippen molar-refractivity contribution < 1.29 is 14.3 Å². The number of likely N-dealkylation sites (tertiary alicyclic amines) is 1. The molecule has 1 aliphatic heterocycles. The smallest absolute Gasteiger partial charge is 0.225 e. The maximum absolute atomic E-state index is 12.1. The summed E-state index contributed by atoms with van der Waals surface area (Å²) in [5.41, 5.74) is 0.902. The van der Waals surface area contributed by atoms with Crippen LogP contribution in [0.2, 0.25) is 5.02 Å². The van der Waals surface area contributed by atoms with Gasteiger partial charge in [-0.05, 0) is 18.1 Å². The summed E-state index contributed by atoms with van der Waals surface area (Å²) in [6.45, 7) is 2.08. The van der Waals surface area contributed by atoms with Gasteiger partial charge in [0, 0.05) is 44.8 Å². The number of nitrogens with zero attached hydrogens (tertiary/aromatic N) is 1. The molecule has 0 aliphatic carbocycles.